The Balaban J connectivity index is 1.64. The van der Waals surface area contributed by atoms with Crippen LogP contribution >= 0.6 is 0 Å². The van der Waals surface area contributed by atoms with Crippen LogP contribution in [0.5, 0.6) is 0 Å². The Morgan fingerprint density at radius 1 is 1.00 bits per heavy atom. The van der Waals surface area contributed by atoms with Crippen molar-refractivity contribution in [2.45, 2.75) is 117 Å². The summed E-state index contributed by atoms with van der Waals surface area (Å²) in [4.78, 5) is 25.9. The zero-order valence-corrected chi connectivity index (χ0v) is 22.7. The molecule has 0 aromatic heterocycles. The lowest BCUT2D eigenvalue weighted by atomic mass is 9.69. The van der Waals surface area contributed by atoms with Crippen molar-refractivity contribution in [3.8, 4) is 0 Å². The summed E-state index contributed by atoms with van der Waals surface area (Å²) in [6.07, 6.45) is 14.2. The molecule has 1 heterocycles. The summed E-state index contributed by atoms with van der Waals surface area (Å²) in [5, 5.41) is 0. The number of rotatable bonds is 14. The number of ether oxygens (including phenoxy) is 1. The van der Waals surface area contributed by atoms with Crippen LogP contribution in [0.15, 0.2) is 24.3 Å². The van der Waals surface area contributed by atoms with Crippen molar-refractivity contribution >= 4 is 11.6 Å². The maximum atomic E-state index is 13.6. The number of carbonyl (C=O) groups excluding carboxylic acids is 2. The summed E-state index contributed by atoms with van der Waals surface area (Å²) >= 11 is 0. The Kier molecular flexibility index (Phi) is 12.0. The molecule has 1 aliphatic heterocycles. The first-order chi connectivity index (χ1) is 17.0. The molecule has 0 N–H and O–H groups in total. The van der Waals surface area contributed by atoms with Crippen molar-refractivity contribution in [2.24, 2.45) is 23.7 Å². The molecule has 1 aliphatic carbocycles. The van der Waals surface area contributed by atoms with Gasteiger partial charge in [-0.15, -0.1) is 0 Å². The van der Waals surface area contributed by atoms with E-state index in [0.29, 0.717) is 42.2 Å². The quantitative estimate of drug-likeness (QED) is 0.268. The third-order valence-electron chi connectivity index (χ3n) is 8.67. The van der Waals surface area contributed by atoms with Gasteiger partial charge in [-0.25, -0.2) is 0 Å². The first kappa shape index (κ1) is 28.1. The van der Waals surface area contributed by atoms with E-state index in [1.165, 1.54) is 30.4 Å². The fraction of sp³-hybridized carbons (Fsp3) is 0.750. The molecule has 1 saturated carbocycles. The maximum absolute atomic E-state index is 13.6. The van der Waals surface area contributed by atoms with Crippen LogP contribution in [0.1, 0.15) is 121 Å². The van der Waals surface area contributed by atoms with E-state index in [0.717, 1.165) is 76.9 Å². The molecule has 0 spiro atoms. The standard InChI is InChI=1S/C32H50O3/c1-4-8-26(21-25-16-18-35-19-17-25)22-32(34)29-13-7-12-28(23-29)31(15-14-30(33)9-5-2)27-11-6-10-24(3)20-27/h6,10-11,20,25-26,28-29,31H,4-5,7-9,12-19,21-23H2,1-3H3. The second-order valence-corrected chi connectivity index (χ2v) is 11.6. The highest BCUT2D eigenvalue weighted by Crippen LogP contribution is 2.42. The molecule has 0 radical (unpaired) electrons. The molecule has 4 atom stereocenters. The van der Waals surface area contributed by atoms with E-state index in [-0.39, 0.29) is 5.92 Å². The minimum Gasteiger partial charge on any atom is -0.381 e. The van der Waals surface area contributed by atoms with Gasteiger partial charge in [0.1, 0.15) is 11.6 Å². The summed E-state index contributed by atoms with van der Waals surface area (Å²) in [5.74, 6) is 3.29. The summed E-state index contributed by atoms with van der Waals surface area (Å²) in [7, 11) is 0. The first-order valence-corrected chi connectivity index (χ1v) is 14.7. The van der Waals surface area contributed by atoms with E-state index in [1.54, 1.807) is 0 Å². The van der Waals surface area contributed by atoms with Crippen molar-refractivity contribution in [3.63, 3.8) is 0 Å². The Morgan fingerprint density at radius 3 is 2.51 bits per heavy atom. The van der Waals surface area contributed by atoms with Crippen LogP contribution in [-0.4, -0.2) is 24.8 Å². The van der Waals surface area contributed by atoms with Gasteiger partial charge in [-0.1, -0.05) is 62.9 Å². The number of benzene rings is 1. The van der Waals surface area contributed by atoms with E-state index in [2.05, 4.69) is 45.0 Å². The summed E-state index contributed by atoms with van der Waals surface area (Å²) < 4.78 is 5.56. The summed E-state index contributed by atoms with van der Waals surface area (Å²) in [5.41, 5.74) is 2.65. The molecule has 196 valence electrons. The fourth-order valence-electron chi connectivity index (χ4n) is 6.80. The Hall–Kier alpha value is -1.48. The highest BCUT2D eigenvalue weighted by molar-refractivity contribution is 5.81. The highest BCUT2D eigenvalue weighted by Gasteiger charge is 2.33. The number of hydrogen-bond acceptors (Lipinski definition) is 3. The van der Waals surface area contributed by atoms with Gasteiger partial charge in [0, 0.05) is 38.4 Å². The van der Waals surface area contributed by atoms with Crippen molar-refractivity contribution in [1.29, 1.82) is 0 Å². The normalized spacial score (nSPS) is 23.1. The second kappa shape index (κ2) is 14.9. The van der Waals surface area contributed by atoms with Gasteiger partial charge in [0.25, 0.3) is 0 Å². The van der Waals surface area contributed by atoms with Gasteiger partial charge in [0.15, 0.2) is 0 Å². The molecule has 3 nitrogen and oxygen atoms in total. The predicted molar refractivity (Wildman–Crippen MR) is 145 cm³/mol. The Bertz CT molecular complexity index is 779. The van der Waals surface area contributed by atoms with Crippen LogP contribution in [0.3, 0.4) is 0 Å². The zero-order valence-electron chi connectivity index (χ0n) is 22.7. The molecule has 1 aromatic carbocycles. The van der Waals surface area contributed by atoms with E-state index in [9.17, 15) is 9.59 Å². The number of aryl methyl sites for hydroxylation is 1. The predicted octanol–water partition coefficient (Wildman–Crippen LogP) is 8.23. The lowest BCUT2D eigenvalue weighted by Crippen LogP contribution is -2.29. The van der Waals surface area contributed by atoms with Gasteiger partial charge in [0.2, 0.25) is 0 Å². The number of carbonyl (C=O) groups is 2. The molecular formula is C32H50O3. The van der Waals surface area contributed by atoms with Crippen LogP contribution in [0.2, 0.25) is 0 Å². The van der Waals surface area contributed by atoms with E-state index < -0.39 is 0 Å². The molecule has 1 saturated heterocycles. The first-order valence-electron chi connectivity index (χ1n) is 14.7. The molecule has 2 fully saturated rings. The van der Waals surface area contributed by atoms with Gasteiger partial charge < -0.3 is 4.74 Å². The second-order valence-electron chi connectivity index (χ2n) is 11.6. The van der Waals surface area contributed by atoms with Crippen LogP contribution < -0.4 is 0 Å². The smallest absolute Gasteiger partial charge is 0.136 e. The number of hydrogen-bond donors (Lipinski definition) is 0. The summed E-state index contributed by atoms with van der Waals surface area (Å²) in [6.45, 7) is 8.28. The molecule has 3 heteroatoms. The molecule has 0 bridgehead atoms. The van der Waals surface area contributed by atoms with Gasteiger partial charge in [0.05, 0.1) is 0 Å². The van der Waals surface area contributed by atoms with Crippen molar-refractivity contribution < 1.29 is 14.3 Å². The fourth-order valence-corrected chi connectivity index (χ4v) is 6.80. The minimum atomic E-state index is 0.210. The highest BCUT2D eigenvalue weighted by atomic mass is 16.5. The largest absolute Gasteiger partial charge is 0.381 e. The maximum Gasteiger partial charge on any atom is 0.136 e. The molecule has 2 aliphatic rings. The van der Waals surface area contributed by atoms with Gasteiger partial charge in [-0.3, -0.25) is 9.59 Å². The number of Topliss-reactive ketones (excluding diaryl/α,β-unsaturated/α-hetero) is 2. The summed E-state index contributed by atoms with van der Waals surface area (Å²) in [6, 6.07) is 8.87. The lowest BCUT2D eigenvalue weighted by molar-refractivity contribution is -0.126. The van der Waals surface area contributed by atoms with Gasteiger partial charge >= 0.3 is 0 Å². The molecular weight excluding hydrogens is 432 g/mol. The van der Waals surface area contributed by atoms with Crippen molar-refractivity contribution in [3.05, 3.63) is 35.4 Å². The van der Waals surface area contributed by atoms with Crippen LogP contribution in [0.25, 0.3) is 0 Å². The monoisotopic (exact) mass is 482 g/mol. The van der Waals surface area contributed by atoms with Gasteiger partial charge in [-0.05, 0) is 87.5 Å². The Morgan fingerprint density at radius 2 is 1.80 bits per heavy atom. The van der Waals surface area contributed by atoms with Crippen molar-refractivity contribution in [2.75, 3.05) is 13.2 Å². The van der Waals surface area contributed by atoms with E-state index >= 15 is 0 Å². The average Bonchev–Trinajstić information content (AvgIpc) is 2.85. The third-order valence-corrected chi connectivity index (χ3v) is 8.67. The number of ketones is 2. The zero-order chi connectivity index (χ0) is 25.0. The van der Waals surface area contributed by atoms with Crippen molar-refractivity contribution in [1.82, 2.24) is 0 Å². The lowest BCUT2D eigenvalue weighted by Gasteiger charge is -2.35. The van der Waals surface area contributed by atoms with E-state index in [1.807, 2.05) is 0 Å². The van der Waals surface area contributed by atoms with Gasteiger partial charge in [-0.2, -0.15) is 0 Å². The molecule has 0 amide bonds. The minimum absolute atomic E-state index is 0.210. The topological polar surface area (TPSA) is 43.4 Å². The van der Waals surface area contributed by atoms with Crippen LogP contribution in [0, 0.1) is 30.6 Å². The molecule has 3 rings (SSSR count). The molecule has 4 unspecified atom stereocenters. The van der Waals surface area contributed by atoms with Crippen LogP contribution in [0.4, 0.5) is 0 Å². The average molecular weight is 483 g/mol. The molecule has 1 aromatic rings. The van der Waals surface area contributed by atoms with E-state index in [4.69, 9.17) is 4.74 Å². The van der Waals surface area contributed by atoms with Crippen LogP contribution in [-0.2, 0) is 14.3 Å². The SMILES string of the molecule is CCCC(=O)CCC(c1cccc(C)c1)C1CCCC(C(=O)CC(CCC)CC2CCOCC2)C1. The molecule has 35 heavy (non-hydrogen) atoms. The third kappa shape index (κ3) is 9.16. The Labute approximate surface area is 214 Å².